The molecule has 2 heteroatoms. The minimum atomic E-state index is -0.0246. The maximum atomic E-state index is 3.86. The minimum absolute atomic E-state index is 0.0246. The van der Waals surface area contributed by atoms with Crippen molar-refractivity contribution in [3.05, 3.63) is 108 Å². The molecule has 4 rings (SSSR count). The van der Waals surface area contributed by atoms with Crippen molar-refractivity contribution in [1.29, 1.82) is 0 Å². The summed E-state index contributed by atoms with van der Waals surface area (Å²) in [4.78, 5) is 2.66. The highest BCUT2D eigenvalue weighted by atomic mass is 15.2. The topological polar surface area (TPSA) is 15.3 Å². The Bertz CT molecular complexity index is 832. The van der Waals surface area contributed by atoms with Crippen molar-refractivity contribution in [2.24, 2.45) is 0 Å². The lowest BCUT2D eigenvalue weighted by molar-refractivity contribution is 0.0785. The van der Waals surface area contributed by atoms with Gasteiger partial charge < -0.3 is 5.32 Å². The van der Waals surface area contributed by atoms with Gasteiger partial charge in [-0.2, -0.15) is 0 Å². The Labute approximate surface area is 162 Å². The smallest absolute Gasteiger partial charge is 0.0535 e. The third-order valence-corrected chi connectivity index (χ3v) is 5.72. The largest absolute Gasteiger partial charge is 0.305 e. The molecular formula is C25H28N2. The Morgan fingerprint density at radius 1 is 0.815 bits per heavy atom. The van der Waals surface area contributed by atoms with Crippen LogP contribution >= 0.6 is 0 Å². The first-order chi connectivity index (χ1) is 13.2. The summed E-state index contributed by atoms with van der Waals surface area (Å²) in [5, 5.41) is 3.86. The maximum absolute atomic E-state index is 3.86. The molecule has 1 aliphatic heterocycles. The third-order valence-electron chi connectivity index (χ3n) is 5.72. The molecule has 2 nitrogen and oxygen atoms in total. The molecule has 3 aromatic rings. The summed E-state index contributed by atoms with van der Waals surface area (Å²) in [6.45, 7) is 5.32. The number of hydrogen-bond acceptors (Lipinski definition) is 2. The van der Waals surface area contributed by atoms with E-state index >= 15 is 0 Å². The zero-order chi connectivity index (χ0) is 18.5. The molecule has 138 valence electrons. The van der Waals surface area contributed by atoms with Crippen molar-refractivity contribution in [3.63, 3.8) is 0 Å². The van der Waals surface area contributed by atoms with Gasteiger partial charge in [0, 0.05) is 25.7 Å². The predicted molar refractivity (Wildman–Crippen MR) is 113 cm³/mol. The van der Waals surface area contributed by atoms with Crippen LogP contribution in [0.5, 0.6) is 0 Å². The molecule has 0 aromatic heterocycles. The lowest BCUT2D eigenvalue weighted by Crippen LogP contribution is -2.61. The van der Waals surface area contributed by atoms with E-state index in [4.69, 9.17) is 0 Å². The van der Waals surface area contributed by atoms with Gasteiger partial charge in [-0.15, -0.1) is 0 Å². The van der Waals surface area contributed by atoms with Gasteiger partial charge in [0.05, 0.1) is 5.54 Å². The fraction of sp³-hybridized carbons (Fsp3) is 0.280. The predicted octanol–water partition coefficient (Wildman–Crippen LogP) is 4.62. The molecule has 1 aliphatic rings. The van der Waals surface area contributed by atoms with E-state index in [1.165, 1.54) is 16.7 Å². The van der Waals surface area contributed by atoms with Crippen LogP contribution in [-0.4, -0.2) is 24.0 Å². The Balaban J connectivity index is 1.58. The molecule has 3 aromatic carbocycles. The number of nitrogens with zero attached hydrogens (tertiary/aromatic N) is 1. The van der Waals surface area contributed by atoms with Gasteiger partial charge >= 0.3 is 0 Å². The van der Waals surface area contributed by atoms with E-state index in [0.29, 0.717) is 6.04 Å². The molecule has 1 N–H and O–H groups in total. The van der Waals surface area contributed by atoms with Gasteiger partial charge in [-0.05, 0) is 30.0 Å². The Hall–Kier alpha value is -2.42. The summed E-state index contributed by atoms with van der Waals surface area (Å²) in [5.41, 5.74) is 4.13. The fourth-order valence-electron chi connectivity index (χ4n) is 4.15. The summed E-state index contributed by atoms with van der Waals surface area (Å²) < 4.78 is 0. The van der Waals surface area contributed by atoms with Crippen LogP contribution < -0.4 is 5.32 Å². The molecule has 0 radical (unpaired) electrons. The molecule has 1 fully saturated rings. The molecule has 1 heterocycles. The van der Waals surface area contributed by atoms with E-state index in [2.05, 4.69) is 108 Å². The van der Waals surface area contributed by atoms with Crippen molar-refractivity contribution in [2.75, 3.05) is 13.1 Å². The average molecular weight is 357 g/mol. The van der Waals surface area contributed by atoms with Crippen molar-refractivity contribution < 1.29 is 0 Å². The number of rotatable bonds is 5. The van der Waals surface area contributed by atoms with E-state index < -0.39 is 0 Å². The van der Waals surface area contributed by atoms with Gasteiger partial charge in [0.25, 0.3) is 0 Å². The lowest BCUT2D eigenvalue weighted by Gasteiger charge is -2.47. The molecule has 0 aliphatic carbocycles. The van der Waals surface area contributed by atoms with Crippen LogP contribution in [0.1, 0.15) is 23.6 Å². The molecule has 0 amide bonds. The first-order valence-electron chi connectivity index (χ1n) is 9.85. The van der Waals surface area contributed by atoms with Crippen LogP contribution in [0.15, 0.2) is 91.0 Å². The second-order valence-electron chi connectivity index (χ2n) is 7.81. The van der Waals surface area contributed by atoms with E-state index in [0.717, 1.165) is 26.1 Å². The molecular weight excluding hydrogens is 328 g/mol. The van der Waals surface area contributed by atoms with Crippen molar-refractivity contribution in [1.82, 2.24) is 10.2 Å². The summed E-state index contributed by atoms with van der Waals surface area (Å²) in [5.74, 6) is 0. The van der Waals surface area contributed by atoms with Crippen LogP contribution in [0.3, 0.4) is 0 Å². The number of hydrogen-bond donors (Lipinski definition) is 1. The van der Waals surface area contributed by atoms with Crippen molar-refractivity contribution >= 4 is 0 Å². The summed E-state index contributed by atoms with van der Waals surface area (Å²) in [7, 11) is 0. The Morgan fingerprint density at radius 2 is 1.37 bits per heavy atom. The van der Waals surface area contributed by atoms with E-state index in [9.17, 15) is 0 Å². The monoisotopic (exact) mass is 356 g/mol. The highest BCUT2D eigenvalue weighted by molar-refractivity contribution is 5.26. The first-order valence-corrected chi connectivity index (χ1v) is 9.85. The second-order valence-corrected chi connectivity index (χ2v) is 7.81. The van der Waals surface area contributed by atoms with Crippen LogP contribution in [0.4, 0.5) is 0 Å². The fourth-order valence-corrected chi connectivity index (χ4v) is 4.15. The molecule has 2 unspecified atom stereocenters. The van der Waals surface area contributed by atoms with E-state index in [1.807, 2.05) is 0 Å². The van der Waals surface area contributed by atoms with Gasteiger partial charge in [0.2, 0.25) is 0 Å². The maximum Gasteiger partial charge on any atom is 0.0535 e. The van der Waals surface area contributed by atoms with E-state index in [-0.39, 0.29) is 5.54 Å². The average Bonchev–Trinajstić information content (AvgIpc) is 2.72. The van der Waals surface area contributed by atoms with Crippen molar-refractivity contribution in [3.8, 4) is 0 Å². The normalized spacial score (nSPS) is 23.2. The Morgan fingerprint density at radius 3 is 2.00 bits per heavy atom. The molecule has 2 atom stereocenters. The van der Waals surface area contributed by atoms with Gasteiger partial charge in [0.1, 0.15) is 0 Å². The van der Waals surface area contributed by atoms with Crippen LogP contribution in [0, 0.1) is 0 Å². The van der Waals surface area contributed by atoms with E-state index in [1.54, 1.807) is 0 Å². The van der Waals surface area contributed by atoms with Gasteiger partial charge in [-0.25, -0.2) is 0 Å². The summed E-state index contributed by atoms with van der Waals surface area (Å²) >= 11 is 0. The Kier molecular flexibility index (Phi) is 5.38. The standard InChI is InChI=1S/C25H28N2/c1-25(23-15-9-4-10-16-23)20-27(19-22-13-7-3-8-14-22)24(18-26-25)17-21-11-5-2-6-12-21/h2-16,24,26H,17-20H2,1H3. The van der Waals surface area contributed by atoms with Gasteiger partial charge in [0.15, 0.2) is 0 Å². The third kappa shape index (κ3) is 4.29. The van der Waals surface area contributed by atoms with Gasteiger partial charge in [-0.3, -0.25) is 4.90 Å². The highest BCUT2D eigenvalue weighted by Gasteiger charge is 2.36. The van der Waals surface area contributed by atoms with Crippen LogP contribution in [0.25, 0.3) is 0 Å². The summed E-state index contributed by atoms with van der Waals surface area (Å²) in [6, 6.07) is 33.0. The number of nitrogens with one attached hydrogen (secondary N) is 1. The molecule has 27 heavy (non-hydrogen) atoms. The van der Waals surface area contributed by atoms with Crippen LogP contribution in [-0.2, 0) is 18.5 Å². The van der Waals surface area contributed by atoms with Crippen LogP contribution in [0.2, 0.25) is 0 Å². The SMILES string of the molecule is CC1(c2ccccc2)CN(Cc2ccccc2)C(Cc2ccccc2)CN1. The zero-order valence-electron chi connectivity index (χ0n) is 16.0. The minimum Gasteiger partial charge on any atom is -0.305 e. The first kappa shape index (κ1) is 18.0. The number of piperazine rings is 1. The molecule has 0 bridgehead atoms. The lowest BCUT2D eigenvalue weighted by atomic mass is 9.87. The molecule has 1 saturated heterocycles. The quantitative estimate of drug-likeness (QED) is 0.718. The second kappa shape index (κ2) is 8.08. The molecule has 0 saturated carbocycles. The zero-order valence-corrected chi connectivity index (χ0v) is 16.0. The van der Waals surface area contributed by atoms with Gasteiger partial charge in [-0.1, -0.05) is 91.0 Å². The number of benzene rings is 3. The highest BCUT2D eigenvalue weighted by Crippen LogP contribution is 2.28. The summed E-state index contributed by atoms with van der Waals surface area (Å²) in [6.07, 6.45) is 1.07. The molecule has 0 spiro atoms. The van der Waals surface area contributed by atoms with Crippen molar-refractivity contribution in [2.45, 2.75) is 31.5 Å².